The van der Waals surface area contributed by atoms with Gasteiger partial charge in [-0.25, -0.2) is 4.68 Å². The summed E-state index contributed by atoms with van der Waals surface area (Å²) in [6.45, 7) is 10.8. The van der Waals surface area contributed by atoms with Crippen molar-refractivity contribution in [3.05, 3.63) is 64.7 Å². The van der Waals surface area contributed by atoms with E-state index in [1.165, 1.54) is 0 Å². The molecule has 0 saturated carbocycles. The van der Waals surface area contributed by atoms with Gasteiger partial charge in [-0.1, -0.05) is 18.2 Å². The Kier molecular flexibility index (Phi) is 7.24. The fourth-order valence-electron chi connectivity index (χ4n) is 5.74. The van der Waals surface area contributed by atoms with Crippen LogP contribution in [0.1, 0.15) is 61.8 Å². The van der Waals surface area contributed by atoms with Crippen LogP contribution in [0.25, 0.3) is 11.0 Å². The average Bonchev–Trinajstić information content (AvgIpc) is 3.46. The number of rotatable bonds is 7. The molecule has 2 atom stereocenters. The first kappa shape index (κ1) is 28.2. The molecule has 214 valence electrons. The number of nitrogens with zero attached hydrogens (tertiary/aromatic N) is 7. The van der Waals surface area contributed by atoms with Crippen molar-refractivity contribution in [2.45, 2.75) is 64.9 Å². The first-order valence-corrected chi connectivity index (χ1v) is 14.9. The summed E-state index contributed by atoms with van der Waals surface area (Å²) in [6.07, 6.45) is 2.33. The van der Waals surface area contributed by atoms with Gasteiger partial charge >= 0.3 is 5.97 Å². The number of carboxylic acids is 1. The van der Waals surface area contributed by atoms with E-state index in [2.05, 4.69) is 22.2 Å². The summed E-state index contributed by atoms with van der Waals surface area (Å²) in [5, 5.41) is 23.7. The van der Waals surface area contributed by atoms with Crippen LogP contribution in [0.4, 0.5) is 0 Å². The second-order valence-corrected chi connectivity index (χ2v) is 13.3. The molecule has 0 unspecified atom stereocenters. The monoisotopic (exact) mass is 567 g/mol. The van der Waals surface area contributed by atoms with E-state index in [9.17, 15) is 19.0 Å². The Bertz CT molecular complexity index is 1580. The second-order valence-electron chi connectivity index (χ2n) is 11.3. The van der Waals surface area contributed by atoms with E-state index in [0.29, 0.717) is 35.8 Å². The van der Waals surface area contributed by atoms with Gasteiger partial charge in [-0.05, 0) is 75.4 Å². The normalized spacial score (nSPS) is 19.2. The van der Waals surface area contributed by atoms with Gasteiger partial charge in [0.2, 0.25) is 0 Å². The Morgan fingerprint density at radius 3 is 2.70 bits per heavy atom. The van der Waals surface area contributed by atoms with Crippen molar-refractivity contribution in [3.8, 4) is 0 Å². The predicted octanol–water partition coefficient (Wildman–Crippen LogP) is 4.85. The molecule has 0 saturated heterocycles. The van der Waals surface area contributed by atoms with Crippen LogP contribution in [-0.2, 0) is 31.4 Å². The summed E-state index contributed by atoms with van der Waals surface area (Å²) >= 11 is 0. The van der Waals surface area contributed by atoms with Crippen LogP contribution < -0.4 is 0 Å². The van der Waals surface area contributed by atoms with E-state index < -0.39 is 28.1 Å². The molecule has 12 heteroatoms. The zero-order valence-corrected chi connectivity index (χ0v) is 24.6. The van der Waals surface area contributed by atoms with Crippen LogP contribution in [0, 0.1) is 18.3 Å². The maximum atomic E-state index is 12.6. The highest BCUT2D eigenvalue weighted by molar-refractivity contribution is 8.22. The van der Waals surface area contributed by atoms with Gasteiger partial charge in [-0.15, -0.1) is 15.9 Å². The first-order valence-electron chi connectivity index (χ1n) is 13.4. The number of carboxylic acid groups (broad SMARTS) is 1. The fourth-order valence-corrected chi connectivity index (χ4v) is 7.50. The molecule has 40 heavy (non-hydrogen) atoms. The molecule has 0 amide bonds. The molecule has 3 aromatic heterocycles. The van der Waals surface area contributed by atoms with Crippen molar-refractivity contribution in [2.75, 3.05) is 6.54 Å². The lowest BCUT2D eigenvalue weighted by Crippen LogP contribution is -2.33. The lowest BCUT2D eigenvalue weighted by Gasteiger charge is -2.42. The van der Waals surface area contributed by atoms with Crippen molar-refractivity contribution in [1.29, 1.82) is 0 Å². The number of hydrogen-bond acceptors (Lipinski definition) is 8. The van der Waals surface area contributed by atoms with Crippen molar-refractivity contribution in [1.82, 2.24) is 34.1 Å². The van der Waals surface area contributed by atoms with Gasteiger partial charge < -0.3 is 5.11 Å². The van der Waals surface area contributed by atoms with Crippen LogP contribution in [0.2, 0.25) is 0 Å². The Labute approximate surface area is 235 Å². The molecule has 4 aromatic rings. The van der Waals surface area contributed by atoms with Gasteiger partial charge in [-0.3, -0.25) is 23.6 Å². The summed E-state index contributed by atoms with van der Waals surface area (Å²) in [6, 6.07) is 9.23. The smallest absolute Gasteiger partial charge is 0.310 e. The van der Waals surface area contributed by atoms with Gasteiger partial charge in [-0.2, -0.15) is 9.40 Å². The molecule has 0 aliphatic carbocycles. The number of aromatic nitrogens is 6. The number of aliphatic carboxylic acids is 1. The molecular weight excluding hydrogens is 530 g/mol. The van der Waals surface area contributed by atoms with E-state index in [0.717, 1.165) is 27.9 Å². The van der Waals surface area contributed by atoms with Gasteiger partial charge in [0.1, 0.15) is 5.52 Å². The van der Waals surface area contributed by atoms with Crippen molar-refractivity contribution in [3.63, 3.8) is 0 Å². The van der Waals surface area contributed by atoms with E-state index >= 15 is 0 Å². The molecule has 1 aromatic carbocycles. The van der Waals surface area contributed by atoms with E-state index in [-0.39, 0.29) is 12.5 Å². The molecule has 5 rings (SSSR count). The summed E-state index contributed by atoms with van der Waals surface area (Å²) in [7, 11) is -1.48. The zero-order valence-electron chi connectivity index (χ0n) is 23.7. The average molecular weight is 568 g/mol. The molecule has 3 N–H and O–H groups in total. The number of pyridine rings is 1. The molecular formula is C28H37N7O4S. The number of aryl methyl sites for hydroxylation is 3. The highest BCUT2D eigenvalue weighted by Gasteiger charge is 2.42. The van der Waals surface area contributed by atoms with Crippen LogP contribution in [0.3, 0.4) is 0 Å². The summed E-state index contributed by atoms with van der Waals surface area (Å²) in [5.74, 6) is -1.38. The Balaban J connectivity index is 1.57. The largest absolute Gasteiger partial charge is 0.481 e. The number of hydrogen-bond donors (Lipinski definition) is 3. The maximum Gasteiger partial charge on any atom is 0.310 e. The molecule has 0 bridgehead atoms. The SMILES string of the molecule is CCn1nnc2c(C)c([C@@H](c3cc(CN4C[C@@H](C)Cc5ncccc5S4(O)O)n(C)n3)C(C)(C)C(=O)O)ccc21. The standard InChI is InChI=1S/C28H37N7O4S/c1-7-35-23-11-10-20(18(3)26(23)30-32-35)25(28(4,5)27(36)37)22-14-19(33(6)31-22)16-34-15-17(2)13-21-24(40(34,38)39)9-8-12-29-21/h8-12,14,17,25,38-39H,7,13,15-16H2,1-6H3,(H,36,37)/t17-,25-/m0/s1. The first-order chi connectivity index (χ1) is 18.9. The molecule has 11 nitrogen and oxygen atoms in total. The topological polar surface area (TPSA) is 142 Å². The summed E-state index contributed by atoms with van der Waals surface area (Å²) < 4.78 is 28.0. The minimum Gasteiger partial charge on any atom is -0.481 e. The molecule has 0 radical (unpaired) electrons. The van der Waals surface area contributed by atoms with Crippen LogP contribution in [-0.4, -0.2) is 60.8 Å². The van der Waals surface area contributed by atoms with Crippen molar-refractivity contribution >= 4 is 27.8 Å². The van der Waals surface area contributed by atoms with E-state index in [4.69, 9.17) is 5.10 Å². The van der Waals surface area contributed by atoms with Gasteiger partial charge in [0.05, 0.1) is 39.5 Å². The second kappa shape index (κ2) is 10.3. The quantitative estimate of drug-likeness (QED) is 0.286. The fraction of sp³-hybridized carbons (Fsp3) is 0.464. The van der Waals surface area contributed by atoms with E-state index in [1.54, 1.807) is 48.2 Å². The van der Waals surface area contributed by atoms with Gasteiger partial charge in [0.25, 0.3) is 0 Å². The Hall–Kier alpha value is -3.32. The van der Waals surface area contributed by atoms with Crippen LogP contribution in [0.5, 0.6) is 0 Å². The van der Waals surface area contributed by atoms with Crippen molar-refractivity contribution in [2.24, 2.45) is 18.4 Å². The highest BCUT2D eigenvalue weighted by atomic mass is 32.3. The Morgan fingerprint density at radius 2 is 2.00 bits per heavy atom. The molecule has 0 fully saturated rings. The Morgan fingerprint density at radius 1 is 1.25 bits per heavy atom. The van der Waals surface area contributed by atoms with Crippen LogP contribution >= 0.6 is 10.8 Å². The third kappa shape index (κ3) is 4.68. The molecule has 0 spiro atoms. The van der Waals surface area contributed by atoms with Crippen LogP contribution in [0.15, 0.2) is 41.4 Å². The minimum atomic E-state index is -3.29. The minimum absolute atomic E-state index is 0.152. The lowest BCUT2D eigenvalue weighted by atomic mass is 9.72. The molecule has 4 heterocycles. The van der Waals surface area contributed by atoms with E-state index in [1.807, 2.05) is 36.7 Å². The molecule has 1 aliphatic heterocycles. The summed E-state index contributed by atoms with van der Waals surface area (Å²) in [4.78, 5) is 17.4. The summed E-state index contributed by atoms with van der Waals surface area (Å²) in [5.41, 5.74) is 4.17. The predicted molar refractivity (Wildman–Crippen MR) is 153 cm³/mol. The number of benzene rings is 1. The van der Waals surface area contributed by atoms with Gasteiger partial charge in [0.15, 0.2) is 0 Å². The highest BCUT2D eigenvalue weighted by Crippen LogP contribution is 2.55. The maximum absolute atomic E-state index is 12.6. The third-order valence-electron chi connectivity index (χ3n) is 8.06. The zero-order chi connectivity index (χ0) is 29.0. The molecule has 1 aliphatic rings. The number of fused-ring (bicyclic) bond motifs is 2. The number of carbonyl (C=O) groups is 1. The van der Waals surface area contributed by atoms with Gasteiger partial charge in [0, 0.05) is 32.3 Å². The van der Waals surface area contributed by atoms with Crippen molar-refractivity contribution < 1.29 is 19.0 Å². The lowest BCUT2D eigenvalue weighted by molar-refractivity contribution is -0.147. The third-order valence-corrected chi connectivity index (χ3v) is 10.0.